The van der Waals surface area contributed by atoms with Gasteiger partial charge in [-0.05, 0) is 42.3 Å². The second-order valence-electron chi connectivity index (χ2n) is 4.61. The quantitative estimate of drug-likeness (QED) is 0.691. The monoisotopic (exact) mass is 283 g/mol. The van der Waals surface area contributed by atoms with Crippen LogP contribution in [0.2, 0.25) is 0 Å². The van der Waals surface area contributed by atoms with Crippen LogP contribution in [0.5, 0.6) is 5.75 Å². The van der Waals surface area contributed by atoms with Crippen molar-refractivity contribution in [3.63, 3.8) is 0 Å². The van der Waals surface area contributed by atoms with E-state index in [0.717, 1.165) is 12.0 Å². The van der Waals surface area contributed by atoms with Crippen LogP contribution in [-0.2, 0) is 11.2 Å². The Morgan fingerprint density at radius 1 is 1.05 bits per heavy atom. The SMILES string of the molecule is CCc1ccccc1C(=O)Oc1ccc(NC(C)=O)cc1. The molecule has 0 saturated heterocycles. The van der Waals surface area contributed by atoms with Gasteiger partial charge in [0.25, 0.3) is 0 Å². The molecule has 0 aliphatic heterocycles. The zero-order chi connectivity index (χ0) is 15.2. The lowest BCUT2D eigenvalue weighted by Gasteiger charge is -2.08. The van der Waals surface area contributed by atoms with E-state index in [1.54, 1.807) is 30.3 Å². The van der Waals surface area contributed by atoms with E-state index in [1.165, 1.54) is 6.92 Å². The largest absolute Gasteiger partial charge is 0.423 e. The van der Waals surface area contributed by atoms with Gasteiger partial charge in [0.05, 0.1) is 5.56 Å². The minimum absolute atomic E-state index is 0.142. The lowest BCUT2D eigenvalue weighted by atomic mass is 10.1. The zero-order valence-electron chi connectivity index (χ0n) is 12.1. The number of rotatable bonds is 4. The molecule has 1 N–H and O–H groups in total. The number of hydrogen-bond donors (Lipinski definition) is 1. The van der Waals surface area contributed by atoms with Gasteiger partial charge in [0.15, 0.2) is 0 Å². The maximum atomic E-state index is 12.2. The first-order chi connectivity index (χ1) is 10.1. The van der Waals surface area contributed by atoms with Gasteiger partial charge >= 0.3 is 5.97 Å². The van der Waals surface area contributed by atoms with E-state index < -0.39 is 0 Å². The average molecular weight is 283 g/mol. The van der Waals surface area contributed by atoms with Gasteiger partial charge in [-0.25, -0.2) is 4.79 Å². The molecule has 2 rings (SSSR count). The lowest BCUT2D eigenvalue weighted by molar-refractivity contribution is -0.114. The summed E-state index contributed by atoms with van der Waals surface area (Å²) in [5.74, 6) is -0.0728. The molecule has 108 valence electrons. The summed E-state index contributed by atoms with van der Waals surface area (Å²) in [5.41, 5.74) is 2.19. The molecule has 0 heterocycles. The van der Waals surface area contributed by atoms with Crippen molar-refractivity contribution in [1.82, 2.24) is 0 Å². The average Bonchev–Trinajstić information content (AvgIpc) is 2.48. The summed E-state index contributed by atoms with van der Waals surface area (Å²) in [6.07, 6.45) is 0.771. The van der Waals surface area contributed by atoms with Crippen LogP contribution < -0.4 is 10.1 Å². The van der Waals surface area contributed by atoms with Gasteiger partial charge in [-0.15, -0.1) is 0 Å². The summed E-state index contributed by atoms with van der Waals surface area (Å²) in [7, 11) is 0. The van der Waals surface area contributed by atoms with E-state index in [4.69, 9.17) is 4.74 Å². The number of anilines is 1. The molecule has 0 bridgehead atoms. The van der Waals surface area contributed by atoms with Crippen molar-refractivity contribution in [1.29, 1.82) is 0 Å². The van der Waals surface area contributed by atoms with Gasteiger partial charge < -0.3 is 10.1 Å². The maximum absolute atomic E-state index is 12.2. The Labute approximate surface area is 123 Å². The summed E-state index contributed by atoms with van der Waals surface area (Å²) in [6.45, 7) is 3.43. The van der Waals surface area contributed by atoms with Gasteiger partial charge in [0.1, 0.15) is 5.75 Å². The van der Waals surface area contributed by atoms with Crippen LogP contribution in [0.25, 0.3) is 0 Å². The fourth-order valence-corrected chi connectivity index (χ4v) is 2.00. The number of hydrogen-bond acceptors (Lipinski definition) is 3. The standard InChI is InChI=1S/C17H17NO3/c1-3-13-6-4-5-7-16(13)17(20)21-15-10-8-14(9-11-15)18-12(2)19/h4-11H,3H2,1-2H3,(H,18,19). The van der Waals surface area contributed by atoms with Crippen LogP contribution in [0.3, 0.4) is 0 Å². The third-order valence-corrected chi connectivity index (χ3v) is 3.00. The topological polar surface area (TPSA) is 55.4 Å². The Morgan fingerprint density at radius 2 is 1.71 bits per heavy atom. The Bertz CT molecular complexity index is 647. The molecule has 0 spiro atoms. The van der Waals surface area contributed by atoms with Gasteiger partial charge in [-0.3, -0.25) is 4.79 Å². The summed E-state index contributed by atoms with van der Waals surface area (Å²) in [5, 5.41) is 2.66. The Kier molecular flexibility index (Phi) is 4.72. The molecule has 0 aromatic heterocycles. The van der Waals surface area contributed by atoms with Gasteiger partial charge in [0, 0.05) is 12.6 Å². The molecule has 0 atom stereocenters. The van der Waals surface area contributed by atoms with Crippen LogP contribution in [0.15, 0.2) is 48.5 Å². The number of carbonyl (C=O) groups excluding carboxylic acids is 2. The van der Waals surface area contributed by atoms with Crippen LogP contribution in [0, 0.1) is 0 Å². The van der Waals surface area contributed by atoms with Gasteiger partial charge in [-0.2, -0.15) is 0 Å². The van der Waals surface area contributed by atoms with E-state index in [2.05, 4.69) is 5.32 Å². The van der Waals surface area contributed by atoms with Crippen LogP contribution in [-0.4, -0.2) is 11.9 Å². The van der Waals surface area contributed by atoms with Gasteiger partial charge in [0.2, 0.25) is 5.91 Å². The molecule has 0 unspecified atom stereocenters. The number of aryl methyl sites for hydroxylation is 1. The van der Waals surface area contributed by atoms with E-state index in [-0.39, 0.29) is 11.9 Å². The fraction of sp³-hybridized carbons (Fsp3) is 0.176. The number of carbonyl (C=O) groups is 2. The second-order valence-corrected chi connectivity index (χ2v) is 4.61. The van der Waals surface area contributed by atoms with Crippen LogP contribution in [0.4, 0.5) is 5.69 Å². The van der Waals surface area contributed by atoms with Crippen molar-refractivity contribution in [3.05, 3.63) is 59.7 Å². The molecule has 21 heavy (non-hydrogen) atoms. The summed E-state index contributed by atoms with van der Waals surface area (Å²) >= 11 is 0. The summed E-state index contributed by atoms with van der Waals surface area (Å²) < 4.78 is 5.35. The molecular formula is C17H17NO3. The molecule has 0 aliphatic carbocycles. The number of nitrogens with one attached hydrogen (secondary N) is 1. The molecule has 1 amide bonds. The molecule has 0 saturated carbocycles. The number of benzene rings is 2. The molecular weight excluding hydrogens is 266 g/mol. The lowest BCUT2D eigenvalue weighted by Crippen LogP contribution is -2.11. The van der Waals surface area contributed by atoms with Crippen LogP contribution >= 0.6 is 0 Å². The normalized spacial score (nSPS) is 10.0. The first kappa shape index (κ1) is 14.8. The molecule has 4 nitrogen and oxygen atoms in total. The van der Waals surface area contributed by atoms with Crippen molar-refractivity contribution in [2.24, 2.45) is 0 Å². The molecule has 0 aliphatic rings. The smallest absolute Gasteiger partial charge is 0.343 e. The predicted octanol–water partition coefficient (Wildman–Crippen LogP) is 3.43. The van der Waals surface area contributed by atoms with Crippen molar-refractivity contribution in [2.45, 2.75) is 20.3 Å². The molecule has 2 aromatic carbocycles. The summed E-state index contributed by atoms with van der Waals surface area (Å²) in [4.78, 5) is 23.1. The highest BCUT2D eigenvalue weighted by molar-refractivity contribution is 5.93. The van der Waals surface area contributed by atoms with E-state index in [9.17, 15) is 9.59 Å². The van der Waals surface area contributed by atoms with Crippen LogP contribution in [0.1, 0.15) is 29.8 Å². The number of amides is 1. The first-order valence-corrected chi connectivity index (χ1v) is 6.78. The maximum Gasteiger partial charge on any atom is 0.343 e. The Hall–Kier alpha value is -2.62. The highest BCUT2D eigenvalue weighted by Gasteiger charge is 2.12. The van der Waals surface area contributed by atoms with E-state index in [0.29, 0.717) is 17.0 Å². The molecule has 0 fully saturated rings. The number of esters is 1. The predicted molar refractivity (Wildman–Crippen MR) is 81.5 cm³/mol. The van der Waals surface area contributed by atoms with Crippen molar-refractivity contribution < 1.29 is 14.3 Å². The second kappa shape index (κ2) is 6.70. The van der Waals surface area contributed by atoms with E-state index >= 15 is 0 Å². The minimum Gasteiger partial charge on any atom is -0.423 e. The fourth-order valence-electron chi connectivity index (χ4n) is 2.00. The third kappa shape index (κ3) is 3.92. The van der Waals surface area contributed by atoms with E-state index in [1.807, 2.05) is 25.1 Å². The highest BCUT2D eigenvalue weighted by atomic mass is 16.5. The Morgan fingerprint density at radius 3 is 2.33 bits per heavy atom. The zero-order valence-corrected chi connectivity index (χ0v) is 12.1. The first-order valence-electron chi connectivity index (χ1n) is 6.78. The number of ether oxygens (including phenoxy) is 1. The third-order valence-electron chi connectivity index (χ3n) is 3.00. The summed E-state index contributed by atoms with van der Waals surface area (Å²) in [6, 6.07) is 14.1. The highest BCUT2D eigenvalue weighted by Crippen LogP contribution is 2.18. The van der Waals surface area contributed by atoms with Crippen molar-refractivity contribution >= 4 is 17.6 Å². The van der Waals surface area contributed by atoms with Gasteiger partial charge in [-0.1, -0.05) is 25.1 Å². The van der Waals surface area contributed by atoms with Crippen molar-refractivity contribution in [3.8, 4) is 5.75 Å². The molecule has 2 aromatic rings. The Balaban J connectivity index is 2.10. The van der Waals surface area contributed by atoms with Crippen molar-refractivity contribution in [2.75, 3.05) is 5.32 Å². The minimum atomic E-state index is -0.375. The molecule has 4 heteroatoms. The molecule has 0 radical (unpaired) electrons.